The fourth-order valence-electron chi connectivity index (χ4n) is 7.37. The molecule has 0 N–H and O–H groups in total. The lowest BCUT2D eigenvalue weighted by molar-refractivity contribution is 0.454. The minimum Gasteiger partial charge on any atom is -0.247 e. The van der Waals surface area contributed by atoms with E-state index >= 15 is 17.6 Å². The summed E-state index contributed by atoms with van der Waals surface area (Å²) in [5, 5.41) is 11.2. The van der Waals surface area contributed by atoms with Crippen molar-refractivity contribution in [3.63, 3.8) is 0 Å². The van der Waals surface area contributed by atoms with Gasteiger partial charge in [0.15, 0.2) is 34.6 Å². The number of benzene rings is 7. The molecule has 58 heavy (non-hydrogen) atoms. The molecule has 7 aromatic carbocycles. The largest absolute Gasteiger partial charge is 0.247 e. The second-order valence-corrected chi connectivity index (χ2v) is 13.3. The third-order valence-corrected chi connectivity index (χ3v) is 10.1. The molecule has 6 nitrogen and oxygen atoms in total. The van der Waals surface area contributed by atoms with Gasteiger partial charge in [-0.05, 0) is 39.9 Å². The fourth-order valence-corrected chi connectivity index (χ4v) is 7.37. The van der Waals surface area contributed by atoms with Gasteiger partial charge < -0.3 is 0 Å². The van der Waals surface area contributed by atoms with Gasteiger partial charge in [0, 0.05) is 21.7 Å². The van der Waals surface area contributed by atoms with E-state index in [1.165, 1.54) is 18.2 Å². The number of nitriles is 1. The van der Waals surface area contributed by atoms with E-state index in [9.17, 15) is 5.26 Å². The van der Waals surface area contributed by atoms with Crippen LogP contribution in [0.5, 0.6) is 0 Å². The van der Waals surface area contributed by atoms with Crippen molar-refractivity contribution in [2.24, 2.45) is 0 Å². The summed E-state index contributed by atoms with van der Waals surface area (Å²) in [5.74, 6) is -7.06. The Labute approximate surface area is 328 Å². The number of halogens is 4. The van der Waals surface area contributed by atoms with Crippen molar-refractivity contribution < 1.29 is 17.6 Å². The summed E-state index contributed by atoms with van der Waals surface area (Å²) in [6, 6.07) is 40.0. The van der Waals surface area contributed by atoms with Crippen LogP contribution in [0, 0.1) is 47.7 Å². The average Bonchev–Trinajstić information content (AvgIpc) is 3.28. The van der Waals surface area contributed by atoms with E-state index in [0.29, 0.717) is 61.2 Å². The highest BCUT2D eigenvalue weighted by Crippen LogP contribution is 2.46. The highest BCUT2D eigenvalue weighted by Gasteiger charge is 2.29. The molecular weight excluding hydrogens is 737 g/mol. The van der Waals surface area contributed by atoms with Gasteiger partial charge in [-0.25, -0.2) is 42.2 Å². The summed E-state index contributed by atoms with van der Waals surface area (Å²) in [7, 11) is 0. The molecule has 0 saturated heterocycles. The predicted molar refractivity (Wildman–Crippen MR) is 217 cm³/mol. The first-order valence-electron chi connectivity index (χ1n) is 17.8. The number of hydrogen-bond acceptors (Lipinski definition) is 4. The van der Waals surface area contributed by atoms with Crippen LogP contribution in [0.15, 0.2) is 133 Å². The normalized spacial score (nSPS) is 11.1. The van der Waals surface area contributed by atoms with E-state index < -0.39 is 34.4 Å². The SMILES string of the molecule is [C-]#[N+]c1ccc(-c2nc3cc(-c4ccccc4)c4c5ccccc5nc(-c5ccccc5-c5c(F)c(F)c(C#N)c(F)c5F)c4c3nc2-c2ccc([N+]#[C-])cc2)cc1. The zero-order valence-electron chi connectivity index (χ0n) is 29.9. The first kappa shape index (κ1) is 35.4. The van der Waals surface area contributed by atoms with Gasteiger partial charge >= 0.3 is 0 Å². The van der Waals surface area contributed by atoms with E-state index in [1.54, 1.807) is 72.8 Å². The molecular formula is C48H22F4N6. The molecule has 0 radical (unpaired) electrons. The quantitative estimate of drug-likeness (QED) is 0.0758. The summed E-state index contributed by atoms with van der Waals surface area (Å²) in [5.41, 5.74) is 3.74. The Hall–Kier alpha value is -8.26. The number of hydrogen-bond donors (Lipinski definition) is 0. The molecule has 10 heteroatoms. The maximum absolute atomic E-state index is 15.9. The molecule has 0 bridgehead atoms. The molecule has 0 amide bonds. The molecule has 0 aliphatic heterocycles. The summed E-state index contributed by atoms with van der Waals surface area (Å²) in [4.78, 5) is 22.7. The van der Waals surface area contributed by atoms with Gasteiger partial charge in [0.05, 0.1) is 52.3 Å². The number of para-hydroxylation sites is 1. The van der Waals surface area contributed by atoms with Crippen LogP contribution in [0.3, 0.4) is 0 Å². The van der Waals surface area contributed by atoms with Crippen LogP contribution in [0.1, 0.15) is 5.56 Å². The Bertz CT molecular complexity index is 3260. The maximum atomic E-state index is 15.9. The molecule has 272 valence electrons. The molecule has 0 unspecified atom stereocenters. The Balaban J connectivity index is 1.49. The molecule has 2 heterocycles. The van der Waals surface area contributed by atoms with Gasteiger partial charge in [0.2, 0.25) is 0 Å². The molecule has 9 rings (SSSR count). The number of aromatic nitrogens is 3. The summed E-state index contributed by atoms with van der Waals surface area (Å²) in [6.07, 6.45) is 0. The predicted octanol–water partition coefficient (Wildman–Crippen LogP) is 13.2. The average molecular weight is 759 g/mol. The fraction of sp³-hybridized carbons (Fsp3) is 0. The van der Waals surface area contributed by atoms with Crippen LogP contribution in [0.25, 0.3) is 98.4 Å². The van der Waals surface area contributed by atoms with Crippen LogP contribution >= 0.6 is 0 Å². The van der Waals surface area contributed by atoms with Gasteiger partial charge in [-0.1, -0.05) is 121 Å². The standard InChI is InChI=1S/C48H22F4N6/c1-54-29-20-16-27(17-21-29)45-46(28-18-22-30(55-2)23-19-28)58-48-37(57-45)24-34(26-10-4-3-5-11-26)38-33-14-8-9-15-36(33)56-47(40(38)48)32-13-7-6-12-31(32)39-43(51)41(49)35(25-53)42(50)44(39)52/h3-24H. The van der Waals surface area contributed by atoms with Gasteiger partial charge in [0.1, 0.15) is 11.6 Å². The number of fused-ring (bicyclic) bond motifs is 5. The summed E-state index contributed by atoms with van der Waals surface area (Å²) < 4.78 is 62.3. The van der Waals surface area contributed by atoms with Crippen LogP contribution in [0.2, 0.25) is 0 Å². The van der Waals surface area contributed by atoms with Crippen LogP contribution in [-0.4, -0.2) is 15.0 Å². The Morgan fingerprint density at radius 1 is 0.483 bits per heavy atom. The monoisotopic (exact) mass is 758 g/mol. The topological polar surface area (TPSA) is 71.2 Å². The Morgan fingerprint density at radius 3 is 1.62 bits per heavy atom. The molecule has 2 aromatic heterocycles. The van der Waals surface area contributed by atoms with Crippen molar-refractivity contribution >= 4 is 44.1 Å². The van der Waals surface area contributed by atoms with Crippen molar-refractivity contribution in [1.29, 1.82) is 5.26 Å². The van der Waals surface area contributed by atoms with Crippen molar-refractivity contribution in [3.05, 3.63) is 185 Å². The van der Waals surface area contributed by atoms with Crippen molar-refractivity contribution in [1.82, 2.24) is 15.0 Å². The Kier molecular flexibility index (Phi) is 8.62. The van der Waals surface area contributed by atoms with Gasteiger partial charge in [-0.2, -0.15) is 5.26 Å². The number of rotatable bonds is 5. The van der Waals surface area contributed by atoms with E-state index in [1.807, 2.05) is 48.5 Å². The van der Waals surface area contributed by atoms with E-state index in [0.717, 1.165) is 16.5 Å². The molecule has 0 spiro atoms. The van der Waals surface area contributed by atoms with Gasteiger partial charge in [-0.15, -0.1) is 0 Å². The molecule has 9 aromatic rings. The van der Waals surface area contributed by atoms with Crippen molar-refractivity contribution in [3.8, 4) is 62.1 Å². The molecule has 0 saturated carbocycles. The lowest BCUT2D eigenvalue weighted by atomic mass is 9.88. The van der Waals surface area contributed by atoms with E-state index in [-0.39, 0.29) is 16.8 Å². The maximum Gasteiger partial charge on any atom is 0.187 e. The second-order valence-electron chi connectivity index (χ2n) is 13.3. The summed E-state index contributed by atoms with van der Waals surface area (Å²) in [6.45, 7) is 15.0. The zero-order chi connectivity index (χ0) is 40.1. The van der Waals surface area contributed by atoms with Crippen LogP contribution in [-0.2, 0) is 0 Å². The minimum absolute atomic E-state index is 0.134. The van der Waals surface area contributed by atoms with Crippen LogP contribution < -0.4 is 0 Å². The molecule has 0 atom stereocenters. The smallest absolute Gasteiger partial charge is 0.187 e. The summed E-state index contributed by atoms with van der Waals surface area (Å²) >= 11 is 0. The van der Waals surface area contributed by atoms with E-state index in [2.05, 4.69) is 9.69 Å². The number of nitrogens with zero attached hydrogens (tertiary/aromatic N) is 6. The zero-order valence-corrected chi connectivity index (χ0v) is 29.9. The lowest BCUT2D eigenvalue weighted by Gasteiger charge is -2.20. The Morgan fingerprint density at radius 2 is 1.02 bits per heavy atom. The lowest BCUT2D eigenvalue weighted by Crippen LogP contribution is -2.05. The first-order valence-corrected chi connectivity index (χ1v) is 17.8. The van der Waals surface area contributed by atoms with Crippen LogP contribution in [0.4, 0.5) is 28.9 Å². The first-order chi connectivity index (χ1) is 28.3. The van der Waals surface area contributed by atoms with Gasteiger partial charge in [0.25, 0.3) is 0 Å². The third kappa shape index (κ3) is 5.66. The molecule has 0 aliphatic carbocycles. The molecule has 0 aliphatic rings. The van der Waals surface area contributed by atoms with Gasteiger partial charge in [-0.3, -0.25) is 0 Å². The highest BCUT2D eigenvalue weighted by molar-refractivity contribution is 6.25. The minimum atomic E-state index is -1.81. The van der Waals surface area contributed by atoms with E-state index in [4.69, 9.17) is 28.1 Å². The van der Waals surface area contributed by atoms with Crippen molar-refractivity contribution in [2.45, 2.75) is 0 Å². The number of pyridine rings is 1. The third-order valence-electron chi connectivity index (χ3n) is 10.1. The second kappa shape index (κ2) is 14.1. The van der Waals surface area contributed by atoms with Crippen molar-refractivity contribution in [2.75, 3.05) is 0 Å². The molecule has 0 fully saturated rings. The highest BCUT2D eigenvalue weighted by atomic mass is 19.2.